The predicted molar refractivity (Wildman–Crippen MR) is 71.5 cm³/mol. The minimum Gasteiger partial charge on any atom is -0.469 e. The third-order valence-electron chi connectivity index (χ3n) is 2.45. The summed E-state index contributed by atoms with van der Waals surface area (Å²) in [6.07, 6.45) is 2.44. The maximum absolute atomic E-state index is 5.37. The van der Waals surface area contributed by atoms with Crippen molar-refractivity contribution in [2.75, 3.05) is 24.4 Å². The number of hydrazine groups is 1. The molecule has 0 bridgehead atoms. The lowest BCUT2D eigenvalue weighted by atomic mass is 10.3. The van der Waals surface area contributed by atoms with Crippen LogP contribution in [0.25, 0.3) is 0 Å². The van der Waals surface area contributed by atoms with Gasteiger partial charge in [0.1, 0.15) is 24.0 Å². The molecule has 0 amide bonds. The number of nitrogen functional groups attached to an aromatic ring is 1. The molecule has 0 saturated heterocycles. The van der Waals surface area contributed by atoms with Gasteiger partial charge in [0, 0.05) is 26.1 Å². The number of hydrogen-bond acceptors (Lipinski definition) is 7. The number of methoxy groups -OCH3 is 1. The SMILES string of the molecule is COCc1nc(NN)cc(NCCc2ccco2)n1. The number of nitrogens with zero attached hydrogens (tertiary/aromatic N) is 2. The fraction of sp³-hybridized carbons (Fsp3) is 0.333. The Morgan fingerprint density at radius 2 is 2.21 bits per heavy atom. The lowest BCUT2D eigenvalue weighted by Crippen LogP contribution is -2.13. The first-order valence-corrected chi connectivity index (χ1v) is 5.91. The number of furan rings is 1. The van der Waals surface area contributed by atoms with Crippen LogP contribution in [0.2, 0.25) is 0 Å². The smallest absolute Gasteiger partial charge is 0.158 e. The first kappa shape index (κ1) is 13.3. The Bertz CT molecular complexity index is 501. The van der Waals surface area contributed by atoms with Crippen LogP contribution < -0.4 is 16.6 Å². The molecule has 0 aliphatic rings. The molecule has 2 aromatic rings. The van der Waals surface area contributed by atoms with E-state index in [2.05, 4.69) is 20.7 Å². The van der Waals surface area contributed by atoms with Crippen LogP contribution in [0.5, 0.6) is 0 Å². The van der Waals surface area contributed by atoms with Crippen molar-refractivity contribution >= 4 is 11.6 Å². The van der Waals surface area contributed by atoms with Crippen LogP contribution in [0.3, 0.4) is 0 Å². The number of ether oxygens (including phenoxy) is 1. The van der Waals surface area contributed by atoms with Crippen LogP contribution in [0, 0.1) is 0 Å². The zero-order chi connectivity index (χ0) is 13.5. The minimum atomic E-state index is 0.336. The standard InChI is InChI=1S/C12H17N5O2/c1-18-8-12-15-10(7-11(16-12)17-13)14-5-4-9-3-2-6-19-9/h2-3,6-7H,4-5,8,13H2,1H3,(H2,14,15,16,17). The summed E-state index contributed by atoms with van der Waals surface area (Å²) in [5.41, 5.74) is 2.50. The Labute approximate surface area is 111 Å². The first-order chi connectivity index (χ1) is 9.31. The zero-order valence-electron chi connectivity index (χ0n) is 10.7. The molecule has 2 heterocycles. The third kappa shape index (κ3) is 3.94. The molecule has 7 heteroatoms. The molecule has 7 nitrogen and oxygen atoms in total. The van der Waals surface area contributed by atoms with Crippen LogP contribution in [0.15, 0.2) is 28.9 Å². The monoisotopic (exact) mass is 263 g/mol. The highest BCUT2D eigenvalue weighted by atomic mass is 16.5. The van der Waals surface area contributed by atoms with Gasteiger partial charge in [0.05, 0.1) is 6.26 Å². The molecule has 102 valence electrons. The van der Waals surface area contributed by atoms with Crippen molar-refractivity contribution in [1.82, 2.24) is 9.97 Å². The summed E-state index contributed by atoms with van der Waals surface area (Å²) >= 11 is 0. The molecule has 0 radical (unpaired) electrons. The first-order valence-electron chi connectivity index (χ1n) is 5.91. The van der Waals surface area contributed by atoms with Gasteiger partial charge >= 0.3 is 0 Å². The number of rotatable bonds is 7. The lowest BCUT2D eigenvalue weighted by Gasteiger charge is -2.08. The van der Waals surface area contributed by atoms with E-state index in [1.54, 1.807) is 19.4 Å². The Hall–Kier alpha value is -2.12. The molecular weight excluding hydrogens is 246 g/mol. The van der Waals surface area contributed by atoms with E-state index in [1.807, 2.05) is 12.1 Å². The van der Waals surface area contributed by atoms with Gasteiger partial charge in [0.25, 0.3) is 0 Å². The number of hydrogen-bond donors (Lipinski definition) is 3. The highest BCUT2D eigenvalue weighted by Crippen LogP contribution is 2.11. The van der Waals surface area contributed by atoms with Gasteiger partial charge in [0.2, 0.25) is 0 Å². The van der Waals surface area contributed by atoms with E-state index in [4.69, 9.17) is 15.0 Å². The number of nitrogens with one attached hydrogen (secondary N) is 2. The van der Waals surface area contributed by atoms with E-state index >= 15 is 0 Å². The van der Waals surface area contributed by atoms with Crippen LogP contribution in [0.4, 0.5) is 11.6 Å². The van der Waals surface area contributed by atoms with Crippen molar-refractivity contribution in [2.24, 2.45) is 5.84 Å². The van der Waals surface area contributed by atoms with Crippen molar-refractivity contribution < 1.29 is 9.15 Å². The fourth-order valence-corrected chi connectivity index (χ4v) is 1.62. The summed E-state index contributed by atoms with van der Waals surface area (Å²) in [6.45, 7) is 1.04. The second kappa shape index (κ2) is 6.72. The van der Waals surface area contributed by atoms with Gasteiger partial charge in [-0.1, -0.05) is 0 Å². The molecule has 2 rings (SSSR count). The third-order valence-corrected chi connectivity index (χ3v) is 2.45. The van der Waals surface area contributed by atoms with Crippen LogP contribution in [0.1, 0.15) is 11.6 Å². The number of nitrogens with two attached hydrogens (primary N) is 1. The number of anilines is 2. The molecule has 19 heavy (non-hydrogen) atoms. The molecule has 0 aromatic carbocycles. The Morgan fingerprint density at radius 3 is 2.89 bits per heavy atom. The number of aromatic nitrogens is 2. The van der Waals surface area contributed by atoms with Gasteiger partial charge in [-0.15, -0.1) is 0 Å². The summed E-state index contributed by atoms with van der Waals surface area (Å²) in [5.74, 6) is 8.10. The molecule has 4 N–H and O–H groups in total. The molecular formula is C12H17N5O2. The molecule has 2 aromatic heterocycles. The lowest BCUT2D eigenvalue weighted by molar-refractivity contribution is 0.178. The summed E-state index contributed by atoms with van der Waals surface area (Å²) in [5, 5.41) is 3.19. The molecule has 0 aliphatic carbocycles. The van der Waals surface area contributed by atoms with E-state index in [1.165, 1.54) is 0 Å². The fourth-order valence-electron chi connectivity index (χ4n) is 1.62. The normalized spacial score (nSPS) is 10.4. The summed E-state index contributed by atoms with van der Waals surface area (Å²) in [6, 6.07) is 5.54. The van der Waals surface area contributed by atoms with E-state index in [9.17, 15) is 0 Å². The average Bonchev–Trinajstić information content (AvgIpc) is 2.92. The van der Waals surface area contributed by atoms with E-state index in [0.29, 0.717) is 30.6 Å². The quantitative estimate of drug-likeness (QED) is 0.509. The molecule has 0 unspecified atom stereocenters. The average molecular weight is 263 g/mol. The van der Waals surface area contributed by atoms with Gasteiger partial charge < -0.3 is 19.9 Å². The van der Waals surface area contributed by atoms with Crippen LogP contribution in [-0.4, -0.2) is 23.6 Å². The van der Waals surface area contributed by atoms with Gasteiger partial charge in [0.15, 0.2) is 5.82 Å². The van der Waals surface area contributed by atoms with Crippen LogP contribution >= 0.6 is 0 Å². The molecule has 0 saturated carbocycles. The van der Waals surface area contributed by atoms with Crippen molar-refractivity contribution in [3.63, 3.8) is 0 Å². The van der Waals surface area contributed by atoms with Gasteiger partial charge in [-0.2, -0.15) is 0 Å². The van der Waals surface area contributed by atoms with Gasteiger partial charge in [-0.3, -0.25) is 0 Å². The van der Waals surface area contributed by atoms with E-state index < -0.39 is 0 Å². The zero-order valence-corrected chi connectivity index (χ0v) is 10.7. The molecule has 0 aliphatic heterocycles. The van der Waals surface area contributed by atoms with Crippen molar-refractivity contribution in [2.45, 2.75) is 13.0 Å². The highest BCUT2D eigenvalue weighted by Gasteiger charge is 2.04. The van der Waals surface area contributed by atoms with E-state index in [-0.39, 0.29) is 0 Å². The Kier molecular flexibility index (Phi) is 4.71. The predicted octanol–water partition coefficient (Wildman–Crippen LogP) is 1.16. The summed E-state index contributed by atoms with van der Waals surface area (Å²) in [4.78, 5) is 8.49. The Morgan fingerprint density at radius 1 is 1.37 bits per heavy atom. The van der Waals surface area contributed by atoms with Gasteiger partial charge in [-0.05, 0) is 12.1 Å². The van der Waals surface area contributed by atoms with Gasteiger partial charge in [-0.25, -0.2) is 15.8 Å². The van der Waals surface area contributed by atoms with Crippen LogP contribution in [-0.2, 0) is 17.8 Å². The maximum atomic E-state index is 5.37. The van der Waals surface area contributed by atoms with Crippen molar-refractivity contribution in [3.05, 3.63) is 36.0 Å². The highest BCUT2D eigenvalue weighted by molar-refractivity contribution is 5.46. The summed E-state index contributed by atoms with van der Waals surface area (Å²) < 4.78 is 10.3. The topological polar surface area (TPSA) is 98.2 Å². The molecule has 0 atom stereocenters. The van der Waals surface area contributed by atoms with E-state index in [0.717, 1.165) is 12.2 Å². The van der Waals surface area contributed by atoms with Crippen molar-refractivity contribution in [1.29, 1.82) is 0 Å². The molecule has 0 fully saturated rings. The molecule has 0 spiro atoms. The second-order valence-corrected chi connectivity index (χ2v) is 3.89. The minimum absolute atomic E-state index is 0.336. The van der Waals surface area contributed by atoms with Crippen molar-refractivity contribution in [3.8, 4) is 0 Å². The largest absolute Gasteiger partial charge is 0.469 e. The maximum Gasteiger partial charge on any atom is 0.158 e. The second-order valence-electron chi connectivity index (χ2n) is 3.89. The summed E-state index contributed by atoms with van der Waals surface area (Å²) in [7, 11) is 1.59. The Balaban J connectivity index is 1.96.